The molecule has 35 heavy (non-hydrogen) atoms. The molecule has 0 fully saturated rings. The average Bonchev–Trinajstić information content (AvgIpc) is 2.80. The number of aryl methyl sites for hydroxylation is 1. The molecule has 3 aromatic rings. The highest BCUT2D eigenvalue weighted by Gasteiger charge is 2.18. The van der Waals surface area contributed by atoms with E-state index < -0.39 is 5.97 Å². The fraction of sp³-hybridized carbons (Fsp3) is 0.259. The third kappa shape index (κ3) is 7.13. The number of rotatable bonds is 9. The third-order valence-electron chi connectivity index (χ3n) is 5.57. The summed E-state index contributed by atoms with van der Waals surface area (Å²) in [5.74, 6) is -0.269. The van der Waals surface area contributed by atoms with Crippen molar-refractivity contribution in [2.24, 2.45) is 0 Å². The van der Waals surface area contributed by atoms with Gasteiger partial charge in [-0.15, -0.1) is 0 Å². The maximum Gasteiger partial charge on any atom is 0.317 e. The molecule has 0 saturated carbocycles. The van der Waals surface area contributed by atoms with Crippen molar-refractivity contribution in [2.45, 2.75) is 33.4 Å². The number of nitrogens with zero attached hydrogens (tertiary/aromatic N) is 1. The molecule has 0 unspecified atom stereocenters. The fourth-order valence-electron chi connectivity index (χ4n) is 3.90. The number of carboxylic acid groups (broad SMARTS) is 1. The number of urea groups is 1. The van der Waals surface area contributed by atoms with E-state index in [9.17, 15) is 14.7 Å². The van der Waals surface area contributed by atoms with E-state index in [4.69, 9.17) is 27.9 Å². The Morgan fingerprint density at radius 1 is 0.971 bits per heavy atom. The van der Waals surface area contributed by atoms with Crippen molar-refractivity contribution in [3.8, 4) is 16.9 Å². The molecule has 184 valence electrons. The second-order valence-corrected chi connectivity index (χ2v) is 9.09. The molecule has 2 N–H and O–H groups in total. The first-order valence-corrected chi connectivity index (χ1v) is 11.9. The van der Waals surface area contributed by atoms with Crippen molar-refractivity contribution in [1.82, 2.24) is 10.2 Å². The highest BCUT2D eigenvalue weighted by Crippen LogP contribution is 2.34. The molecule has 3 rings (SSSR count). The maximum absolute atomic E-state index is 13.0. The first-order valence-electron chi connectivity index (χ1n) is 11.2. The van der Waals surface area contributed by atoms with Crippen LogP contribution in [0.3, 0.4) is 0 Å². The minimum absolute atomic E-state index is 0.0881. The summed E-state index contributed by atoms with van der Waals surface area (Å²) in [7, 11) is 1.58. The lowest BCUT2D eigenvalue weighted by Gasteiger charge is -2.24. The monoisotopic (exact) mass is 514 g/mol. The minimum Gasteiger partial charge on any atom is -0.496 e. The predicted molar refractivity (Wildman–Crippen MR) is 139 cm³/mol. The van der Waals surface area contributed by atoms with Crippen LogP contribution in [0.5, 0.6) is 5.75 Å². The van der Waals surface area contributed by atoms with Crippen LogP contribution in [-0.4, -0.2) is 35.7 Å². The van der Waals surface area contributed by atoms with Crippen LogP contribution in [0.2, 0.25) is 10.0 Å². The van der Waals surface area contributed by atoms with E-state index in [-0.39, 0.29) is 12.5 Å². The summed E-state index contributed by atoms with van der Waals surface area (Å²) in [6.45, 7) is 5.05. The number of amides is 2. The summed E-state index contributed by atoms with van der Waals surface area (Å²) in [6, 6.07) is 16.3. The van der Waals surface area contributed by atoms with Crippen molar-refractivity contribution in [2.75, 3.05) is 13.7 Å². The highest BCUT2D eigenvalue weighted by atomic mass is 35.5. The first kappa shape index (κ1) is 26.4. The van der Waals surface area contributed by atoms with Crippen LogP contribution in [-0.2, 0) is 24.3 Å². The lowest BCUT2D eigenvalue weighted by Crippen LogP contribution is -2.39. The summed E-state index contributed by atoms with van der Waals surface area (Å²) in [4.78, 5) is 26.0. The van der Waals surface area contributed by atoms with Gasteiger partial charge in [-0.05, 0) is 66.4 Å². The van der Waals surface area contributed by atoms with Gasteiger partial charge in [-0.2, -0.15) is 0 Å². The molecule has 0 aliphatic carbocycles. The van der Waals surface area contributed by atoms with Gasteiger partial charge in [0.25, 0.3) is 0 Å². The van der Waals surface area contributed by atoms with Gasteiger partial charge < -0.3 is 20.1 Å². The predicted octanol–water partition coefficient (Wildman–Crippen LogP) is 6.34. The fourth-order valence-corrected chi connectivity index (χ4v) is 4.47. The number of ether oxygens (including phenoxy) is 1. The molecular formula is C27H28Cl2N2O4. The van der Waals surface area contributed by atoms with Crippen molar-refractivity contribution >= 4 is 35.2 Å². The quantitative estimate of drug-likeness (QED) is 0.349. The van der Waals surface area contributed by atoms with Crippen molar-refractivity contribution < 1.29 is 19.4 Å². The summed E-state index contributed by atoms with van der Waals surface area (Å²) in [5.41, 5.74) is 5.13. The standard InChI is InChI=1S/C27H28Cl2N2O4/c1-4-31(27(34)30-15-19-10-21(28)14-22(29)11-19)16-20-9-17(2)5-7-23(20)24-12-18(13-26(32)33)6-8-25(24)35-3/h5-12,14H,4,13,15-16H2,1-3H3,(H,30,34)(H,32,33). The van der Waals surface area contributed by atoms with E-state index in [1.54, 1.807) is 42.3 Å². The summed E-state index contributed by atoms with van der Waals surface area (Å²) in [5, 5.41) is 13.2. The van der Waals surface area contributed by atoms with Crippen LogP contribution in [0, 0.1) is 6.92 Å². The molecule has 0 atom stereocenters. The van der Waals surface area contributed by atoms with Crippen LogP contribution in [0.4, 0.5) is 4.79 Å². The molecule has 0 aliphatic rings. The van der Waals surface area contributed by atoms with E-state index in [0.717, 1.165) is 27.8 Å². The number of methoxy groups -OCH3 is 1. The highest BCUT2D eigenvalue weighted by molar-refractivity contribution is 6.34. The second kappa shape index (κ2) is 12.0. The first-order chi connectivity index (χ1) is 16.7. The van der Waals surface area contributed by atoms with E-state index >= 15 is 0 Å². The summed E-state index contributed by atoms with van der Waals surface area (Å²) >= 11 is 12.1. The molecule has 0 radical (unpaired) electrons. The molecule has 3 aromatic carbocycles. The number of halogens is 2. The zero-order chi connectivity index (χ0) is 25.5. The Bertz CT molecular complexity index is 1210. The van der Waals surface area contributed by atoms with Gasteiger partial charge in [-0.3, -0.25) is 4.79 Å². The van der Waals surface area contributed by atoms with E-state index in [1.165, 1.54) is 0 Å². The number of nitrogens with one attached hydrogen (secondary N) is 1. The Balaban J connectivity index is 1.87. The zero-order valence-electron chi connectivity index (χ0n) is 19.9. The Labute approximate surface area is 215 Å². The van der Waals surface area contributed by atoms with Crippen LogP contribution >= 0.6 is 23.2 Å². The Morgan fingerprint density at radius 3 is 2.31 bits per heavy atom. The molecule has 0 aromatic heterocycles. The number of carbonyl (C=O) groups excluding carboxylic acids is 1. The smallest absolute Gasteiger partial charge is 0.317 e. The lowest BCUT2D eigenvalue weighted by atomic mass is 9.94. The number of aliphatic carboxylic acids is 1. The van der Waals surface area contributed by atoms with Gasteiger partial charge in [0.15, 0.2) is 0 Å². The normalized spacial score (nSPS) is 10.7. The molecule has 0 saturated heterocycles. The van der Waals surface area contributed by atoms with Gasteiger partial charge in [0, 0.05) is 35.2 Å². The van der Waals surface area contributed by atoms with Gasteiger partial charge in [-0.1, -0.05) is 53.0 Å². The van der Waals surface area contributed by atoms with Gasteiger partial charge in [0.1, 0.15) is 5.75 Å². The molecular weight excluding hydrogens is 487 g/mol. The van der Waals surface area contributed by atoms with Gasteiger partial charge in [0.05, 0.1) is 13.5 Å². The largest absolute Gasteiger partial charge is 0.496 e. The van der Waals surface area contributed by atoms with Gasteiger partial charge in [0.2, 0.25) is 0 Å². The molecule has 2 amide bonds. The van der Waals surface area contributed by atoms with Crippen molar-refractivity contribution in [3.05, 3.63) is 86.9 Å². The molecule has 0 heterocycles. The maximum atomic E-state index is 13.0. The molecule has 0 aliphatic heterocycles. The van der Waals surface area contributed by atoms with Crippen LogP contribution in [0.1, 0.15) is 29.2 Å². The molecule has 6 nitrogen and oxygen atoms in total. The third-order valence-corrected chi connectivity index (χ3v) is 6.00. The zero-order valence-corrected chi connectivity index (χ0v) is 21.4. The Kier molecular flexibility index (Phi) is 9.01. The van der Waals surface area contributed by atoms with Crippen molar-refractivity contribution in [3.63, 3.8) is 0 Å². The number of carboxylic acids is 1. The summed E-state index contributed by atoms with van der Waals surface area (Å²) < 4.78 is 5.57. The van der Waals surface area contributed by atoms with E-state index in [0.29, 0.717) is 41.0 Å². The summed E-state index contributed by atoms with van der Waals surface area (Å²) in [6.07, 6.45) is -0.0881. The topological polar surface area (TPSA) is 78.9 Å². The Morgan fingerprint density at radius 2 is 1.69 bits per heavy atom. The molecule has 8 heteroatoms. The molecule has 0 bridgehead atoms. The number of carbonyl (C=O) groups is 2. The van der Waals surface area contributed by atoms with Crippen molar-refractivity contribution in [1.29, 1.82) is 0 Å². The number of hydrogen-bond acceptors (Lipinski definition) is 3. The Hall–Kier alpha value is -3.22. The van der Waals surface area contributed by atoms with Crippen LogP contribution < -0.4 is 10.1 Å². The van der Waals surface area contributed by atoms with Crippen LogP contribution in [0.25, 0.3) is 11.1 Å². The number of benzene rings is 3. The van der Waals surface area contributed by atoms with E-state index in [1.807, 2.05) is 38.1 Å². The van der Waals surface area contributed by atoms with Gasteiger partial charge >= 0.3 is 12.0 Å². The van der Waals surface area contributed by atoms with Crippen LogP contribution in [0.15, 0.2) is 54.6 Å². The lowest BCUT2D eigenvalue weighted by molar-refractivity contribution is -0.136. The average molecular weight is 515 g/mol. The van der Waals surface area contributed by atoms with Gasteiger partial charge in [-0.25, -0.2) is 4.79 Å². The minimum atomic E-state index is -0.903. The molecule has 0 spiro atoms. The number of hydrogen-bond donors (Lipinski definition) is 2. The SMILES string of the molecule is CCN(Cc1cc(C)ccc1-c1cc(CC(=O)O)ccc1OC)C(=O)NCc1cc(Cl)cc(Cl)c1. The second-order valence-electron chi connectivity index (χ2n) is 8.22. The van der Waals surface area contributed by atoms with E-state index in [2.05, 4.69) is 5.32 Å².